The molecule has 2 N–H and O–H groups in total. The van der Waals surface area contributed by atoms with Gasteiger partial charge in [-0.2, -0.15) is 0 Å². The van der Waals surface area contributed by atoms with Gasteiger partial charge in [0.2, 0.25) is 0 Å². The Morgan fingerprint density at radius 2 is 1.95 bits per heavy atom. The molecule has 1 amide bonds. The third kappa shape index (κ3) is 2.44. The zero-order chi connectivity index (χ0) is 13.2. The molecule has 0 spiro atoms. The van der Waals surface area contributed by atoms with Gasteiger partial charge >= 0.3 is 0 Å². The molecule has 0 saturated heterocycles. The van der Waals surface area contributed by atoms with Gasteiger partial charge in [-0.1, -0.05) is 11.6 Å². The lowest BCUT2D eigenvalue weighted by Crippen LogP contribution is -2.11. The van der Waals surface area contributed by atoms with Gasteiger partial charge in [0.25, 0.3) is 5.91 Å². The molecule has 0 fully saturated rings. The summed E-state index contributed by atoms with van der Waals surface area (Å²) in [6, 6.07) is 12.3. The van der Waals surface area contributed by atoms with Crippen LogP contribution in [0, 0.1) is 0 Å². The minimum absolute atomic E-state index is 0.171. The van der Waals surface area contributed by atoms with Crippen LogP contribution in [-0.4, -0.2) is 15.9 Å². The van der Waals surface area contributed by atoms with Crippen molar-refractivity contribution in [1.82, 2.24) is 9.97 Å². The SMILES string of the molecule is O=C(Nc1ccc2nc[nH]c2c1)c1ccc(Cl)cc1. The number of carbonyl (C=O) groups excluding carboxylic acids is 1. The Bertz CT molecular complexity index is 734. The van der Waals surface area contributed by atoms with Gasteiger partial charge in [0, 0.05) is 16.3 Å². The van der Waals surface area contributed by atoms with Crippen LogP contribution < -0.4 is 5.32 Å². The topological polar surface area (TPSA) is 57.8 Å². The third-order valence-electron chi connectivity index (χ3n) is 2.78. The van der Waals surface area contributed by atoms with Crippen LogP contribution in [0.2, 0.25) is 5.02 Å². The van der Waals surface area contributed by atoms with Gasteiger partial charge < -0.3 is 10.3 Å². The third-order valence-corrected chi connectivity index (χ3v) is 3.04. The van der Waals surface area contributed by atoms with Gasteiger partial charge in [-0.05, 0) is 42.5 Å². The van der Waals surface area contributed by atoms with Crippen molar-refractivity contribution < 1.29 is 4.79 Å². The second-order valence-corrected chi connectivity index (χ2v) is 4.53. The van der Waals surface area contributed by atoms with Crippen LogP contribution in [0.4, 0.5) is 5.69 Å². The number of anilines is 1. The van der Waals surface area contributed by atoms with Gasteiger partial charge in [0.1, 0.15) is 0 Å². The minimum atomic E-state index is -0.171. The van der Waals surface area contributed by atoms with E-state index in [-0.39, 0.29) is 5.91 Å². The summed E-state index contributed by atoms with van der Waals surface area (Å²) in [5.74, 6) is -0.171. The van der Waals surface area contributed by atoms with E-state index in [1.165, 1.54) is 0 Å². The quantitative estimate of drug-likeness (QED) is 0.750. The zero-order valence-corrected chi connectivity index (χ0v) is 10.6. The summed E-state index contributed by atoms with van der Waals surface area (Å²) in [7, 11) is 0. The number of hydrogen-bond acceptors (Lipinski definition) is 2. The van der Waals surface area contributed by atoms with E-state index in [0.717, 1.165) is 16.7 Å². The Morgan fingerprint density at radius 1 is 1.16 bits per heavy atom. The monoisotopic (exact) mass is 271 g/mol. The number of aromatic nitrogens is 2. The molecule has 94 valence electrons. The first-order valence-corrected chi connectivity index (χ1v) is 6.10. The van der Waals surface area contributed by atoms with E-state index in [2.05, 4.69) is 15.3 Å². The lowest BCUT2D eigenvalue weighted by atomic mass is 10.2. The number of nitrogens with one attached hydrogen (secondary N) is 2. The molecule has 0 aliphatic heterocycles. The molecule has 0 radical (unpaired) electrons. The normalized spacial score (nSPS) is 10.6. The molecule has 2 aromatic carbocycles. The predicted octanol–water partition coefficient (Wildman–Crippen LogP) is 3.47. The van der Waals surface area contributed by atoms with Crippen LogP contribution in [0.5, 0.6) is 0 Å². The molecule has 0 aliphatic carbocycles. The molecular formula is C14H10ClN3O. The van der Waals surface area contributed by atoms with Crippen LogP contribution in [0.15, 0.2) is 48.8 Å². The first-order chi connectivity index (χ1) is 9.22. The van der Waals surface area contributed by atoms with E-state index in [1.807, 2.05) is 18.2 Å². The zero-order valence-electron chi connectivity index (χ0n) is 9.85. The van der Waals surface area contributed by atoms with Crippen molar-refractivity contribution in [2.24, 2.45) is 0 Å². The molecule has 0 atom stereocenters. The summed E-state index contributed by atoms with van der Waals surface area (Å²) in [5, 5.41) is 3.44. The maximum atomic E-state index is 12.0. The van der Waals surface area contributed by atoms with Crippen molar-refractivity contribution in [2.45, 2.75) is 0 Å². The first kappa shape index (κ1) is 11.7. The lowest BCUT2D eigenvalue weighted by Gasteiger charge is -2.05. The smallest absolute Gasteiger partial charge is 0.255 e. The number of nitrogens with zero attached hydrogens (tertiary/aromatic N) is 1. The van der Waals surface area contributed by atoms with Gasteiger partial charge in [-0.3, -0.25) is 4.79 Å². The van der Waals surface area contributed by atoms with Crippen molar-refractivity contribution in [3.8, 4) is 0 Å². The molecule has 3 aromatic rings. The summed E-state index contributed by atoms with van der Waals surface area (Å²) in [6.45, 7) is 0. The molecule has 4 nitrogen and oxygen atoms in total. The predicted molar refractivity (Wildman–Crippen MR) is 75.5 cm³/mol. The van der Waals surface area contributed by atoms with E-state index < -0.39 is 0 Å². The number of halogens is 1. The summed E-state index contributed by atoms with van der Waals surface area (Å²) in [6.07, 6.45) is 1.62. The Labute approximate surface area is 114 Å². The number of hydrogen-bond donors (Lipinski definition) is 2. The summed E-state index contributed by atoms with van der Waals surface area (Å²) >= 11 is 5.79. The van der Waals surface area contributed by atoms with Crippen molar-refractivity contribution in [3.05, 3.63) is 59.4 Å². The Balaban J connectivity index is 1.83. The van der Waals surface area contributed by atoms with E-state index >= 15 is 0 Å². The van der Waals surface area contributed by atoms with Crippen molar-refractivity contribution in [2.75, 3.05) is 5.32 Å². The van der Waals surface area contributed by atoms with E-state index in [1.54, 1.807) is 30.6 Å². The number of benzene rings is 2. The summed E-state index contributed by atoms with van der Waals surface area (Å²) in [5.41, 5.74) is 3.03. The molecule has 0 unspecified atom stereocenters. The first-order valence-electron chi connectivity index (χ1n) is 5.72. The lowest BCUT2D eigenvalue weighted by molar-refractivity contribution is 0.102. The maximum Gasteiger partial charge on any atom is 0.255 e. The van der Waals surface area contributed by atoms with Gasteiger partial charge in [-0.25, -0.2) is 4.98 Å². The highest BCUT2D eigenvalue weighted by Gasteiger charge is 2.06. The average molecular weight is 272 g/mol. The molecule has 5 heteroatoms. The number of H-pyrrole nitrogens is 1. The molecule has 0 aliphatic rings. The molecule has 1 heterocycles. The van der Waals surface area contributed by atoms with Gasteiger partial charge in [0.15, 0.2) is 0 Å². The highest BCUT2D eigenvalue weighted by Crippen LogP contribution is 2.17. The van der Waals surface area contributed by atoms with Crippen LogP contribution in [-0.2, 0) is 0 Å². The standard InChI is InChI=1S/C14H10ClN3O/c15-10-3-1-9(2-4-10)14(19)18-11-5-6-12-13(7-11)17-8-16-12/h1-8H,(H,16,17)(H,18,19). The fraction of sp³-hybridized carbons (Fsp3) is 0. The second-order valence-electron chi connectivity index (χ2n) is 4.10. The van der Waals surface area contributed by atoms with E-state index in [9.17, 15) is 4.79 Å². The Hall–Kier alpha value is -2.33. The fourth-order valence-corrected chi connectivity index (χ4v) is 1.94. The largest absolute Gasteiger partial charge is 0.345 e. The number of rotatable bonds is 2. The van der Waals surface area contributed by atoms with E-state index in [4.69, 9.17) is 11.6 Å². The molecule has 0 saturated carbocycles. The number of imidazole rings is 1. The van der Waals surface area contributed by atoms with Crippen molar-refractivity contribution >= 4 is 34.2 Å². The Kier molecular flexibility index (Phi) is 2.93. The summed E-state index contributed by atoms with van der Waals surface area (Å²) < 4.78 is 0. The maximum absolute atomic E-state index is 12.0. The molecule has 3 rings (SSSR count). The van der Waals surface area contributed by atoms with Crippen LogP contribution in [0.3, 0.4) is 0 Å². The molecule has 1 aromatic heterocycles. The average Bonchev–Trinajstić information content (AvgIpc) is 2.87. The second kappa shape index (κ2) is 4.74. The van der Waals surface area contributed by atoms with Crippen LogP contribution >= 0.6 is 11.6 Å². The Morgan fingerprint density at radius 3 is 2.74 bits per heavy atom. The highest BCUT2D eigenvalue weighted by molar-refractivity contribution is 6.30. The molecule has 0 bridgehead atoms. The number of fused-ring (bicyclic) bond motifs is 1. The molecular weight excluding hydrogens is 262 g/mol. The van der Waals surface area contributed by atoms with Gasteiger partial charge in [0.05, 0.1) is 17.4 Å². The number of amides is 1. The minimum Gasteiger partial charge on any atom is -0.345 e. The van der Waals surface area contributed by atoms with Crippen molar-refractivity contribution in [1.29, 1.82) is 0 Å². The van der Waals surface area contributed by atoms with Crippen molar-refractivity contribution in [3.63, 3.8) is 0 Å². The highest BCUT2D eigenvalue weighted by atomic mass is 35.5. The summed E-state index contributed by atoms with van der Waals surface area (Å²) in [4.78, 5) is 19.1. The fourth-order valence-electron chi connectivity index (χ4n) is 1.82. The molecule has 19 heavy (non-hydrogen) atoms. The van der Waals surface area contributed by atoms with Gasteiger partial charge in [-0.15, -0.1) is 0 Å². The van der Waals surface area contributed by atoms with Crippen LogP contribution in [0.25, 0.3) is 11.0 Å². The van der Waals surface area contributed by atoms with E-state index in [0.29, 0.717) is 10.6 Å². The number of aromatic amines is 1. The number of carbonyl (C=O) groups is 1. The van der Waals surface area contributed by atoms with Crippen LogP contribution in [0.1, 0.15) is 10.4 Å².